The van der Waals surface area contributed by atoms with Gasteiger partial charge in [-0.2, -0.15) is 0 Å². The van der Waals surface area contributed by atoms with Crippen LogP contribution in [0.15, 0.2) is 4.42 Å². The van der Waals surface area contributed by atoms with Crippen LogP contribution in [0.25, 0.3) is 0 Å². The number of likely N-dealkylation sites (N-methyl/N-ethyl adjacent to an activating group) is 1. The molecule has 2 heterocycles. The first-order valence-corrected chi connectivity index (χ1v) is 5.71. The molecular weight excluding hydrogens is 238 g/mol. The van der Waals surface area contributed by atoms with Crippen LogP contribution < -0.4 is 11.1 Å². The zero-order valence-electron chi connectivity index (χ0n) is 10.0. The predicted molar refractivity (Wildman–Crippen MR) is 61.5 cm³/mol. The first-order valence-electron chi connectivity index (χ1n) is 5.71. The van der Waals surface area contributed by atoms with Gasteiger partial charge in [-0.3, -0.25) is 14.5 Å². The van der Waals surface area contributed by atoms with Gasteiger partial charge >= 0.3 is 6.01 Å². The number of anilines is 1. The van der Waals surface area contributed by atoms with Gasteiger partial charge in [0.2, 0.25) is 11.8 Å². The highest BCUT2D eigenvalue weighted by Gasteiger charge is 2.32. The van der Waals surface area contributed by atoms with Crippen LogP contribution >= 0.6 is 0 Å². The lowest BCUT2D eigenvalue weighted by molar-refractivity contribution is -0.146. The van der Waals surface area contributed by atoms with Gasteiger partial charge in [-0.1, -0.05) is 5.10 Å². The van der Waals surface area contributed by atoms with Gasteiger partial charge in [-0.05, 0) is 6.42 Å². The molecule has 0 saturated carbocycles. The van der Waals surface area contributed by atoms with E-state index in [1.807, 2.05) is 0 Å². The standard InChI is InChI=1S/C10H15N5O3/c1-15-8(16)3-2-6(9(15)17)12-10-14-13-7(18-10)4-5-11/h6H,2-5,11H2,1H3,(H,12,14). The summed E-state index contributed by atoms with van der Waals surface area (Å²) in [5, 5.41) is 10.4. The number of aromatic nitrogens is 2. The fourth-order valence-corrected chi connectivity index (χ4v) is 1.74. The molecule has 1 aliphatic heterocycles. The molecule has 18 heavy (non-hydrogen) atoms. The summed E-state index contributed by atoms with van der Waals surface area (Å²) in [5.74, 6) is -0.0371. The third kappa shape index (κ3) is 2.48. The number of nitrogens with two attached hydrogens (primary N) is 1. The fourth-order valence-electron chi connectivity index (χ4n) is 1.74. The summed E-state index contributed by atoms with van der Waals surface area (Å²) in [5.41, 5.74) is 5.36. The van der Waals surface area contributed by atoms with Crippen molar-refractivity contribution in [2.75, 3.05) is 18.9 Å². The molecule has 0 radical (unpaired) electrons. The second-order valence-electron chi connectivity index (χ2n) is 4.07. The van der Waals surface area contributed by atoms with Gasteiger partial charge in [0.05, 0.1) is 0 Å². The molecule has 98 valence electrons. The smallest absolute Gasteiger partial charge is 0.316 e. The topological polar surface area (TPSA) is 114 Å². The molecule has 1 unspecified atom stereocenters. The molecule has 0 bridgehead atoms. The van der Waals surface area contributed by atoms with Crippen molar-refractivity contribution in [3.8, 4) is 0 Å². The Balaban J connectivity index is 2.00. The molecule has 8 nitrogen and oxygen atoms in total. The largest absolute Gasteiger partial charge is 0.408 e. The number of rotatable bonds is 4. The maximum Gasteiger partial charge on any atom is 0.316 e. The minimum Gasteiger partial charge on any atom is -0.408 e. The SMILES string of the molecule is CN1C(=O)CCC(Nc2nnc(CCN)o2)C1=O. The molecule has 1 fully saturated rings. The number of nitrogens with zero attached hydrogens (tertiary/aromatic N) is 3. The molecule has 1 saturated heterocycles. The van der Waals surface area contributed by atoms with E-state index in [9.17, 15) is 9.59 Å². The molecule has 8 heteroatoms. The van der Waals surface area contributed by atoms with Crippen LogP contribution in [0.4, 0.5) is 6.01 Å². The number of piperidine rings is 1. The van der Waals surface area contributed by atoms with Crippen molar-refractivity contribution < 1.29 is 14.0 Å². The van der Waals surface area contributed by atoms with Crippen molar-refractivity contribution in [1.29, 1.82) is 0 Å². The molecule has 0 aliphatic carbocycles. The first kappa shape index (κ1) is 12.5. The quantitative estimate of drug-likeness (QED) is 0.670. The highest BCUT2D eigenvalue weighted by atomic mass is 16.4. The molecule has 2 amide bonds. The third-order valence-electron chi connectivity index (χ3n) is 2.77. The van der Waals surface area contributed by atoms with Crippen LogP contribution in [0.2, 0.25) is 0 Å². The molecule has 2 rings (SSSR count). The molecule has 0 spiro atoms. The zero-order chi connectivity index (χ0) is 13.1. The molecular formula is C10H15N5O3. The van der Waals surface area contributed by atoms with Gasteiger partial charge in [-0.25, -0.2) is 0 Å². The summed E-state index contributed by atoms with van der Waals surface area (Å²) < 4.78 is 5.27. The van der Waals surface area contributed by atoms with E-state index < -0.39 is 6.04 Å². The maximum absolute atomic E-state index is 11.8. The minimum absolute atomic E-state index is 0.174. The van der Waals surface area contributed by atoms with E-state index in [0.29, 0.717) is 31.7 Å². The number of carbonyl (C=O) groups is 2. The van der Waals surface area contributed by atoms with Crippen molar-refractivity contribution in [2.24, 2.45) is 5.73 Å². The fraction of sp³-hybridized carbons (Fsp3) is 0.600. The monoisotopic (exact) mass is 253 g/mol. The second-order valence-corrected chi connectivity index (χ2v) is 4.07. The summed E-state index contributed by atoms with van der Waals surface area (Å²) in [6.45, 7) is 0.418. The van der Waals surface area contributed by atoms with Crippen molar-refractivity contribution in [1.82, 2.24) is 15.1 Å². The van der Waals surface area contributed by atoms with Gasteiger partial charge in [0, 0.05) is 26.4 Å². The number of nitrogens with one attached hydrogen (secondary N) is 1. The average Bonchev–Trinajstić information content (AvgIpc) is 2.78. The lowest BCUT2D eigenvalue weighted by Crippen LogP contribution is -2.48. The maximum atomic E-state index is 11.8. The van der Waals surface area contributed by atoms with Crippen LogP contribution in [0.1, 0.15) is 18.7 Å². The lowest BCUT2D eigenvalue weighted by Gasteiger charge is -2.27. The summed E-state index contributed by atoms with van der Waals surface area (Å²) in [4.78, 5) is 24.2. The summed E-state index contributed by atoms with van der Waals surface area (Å²) in [6.07, 6.45) is 1.24. The van der Waals surface area contributed by atoms with E-state index in [1.165, 1.54) is 7.05 Å². The van der Waals surface area contributed by atoms with Gasteiger partial charge in [-0.15, -0.1) is 5.10 Å². The van der Waals surface area contributed by atoms with Crippen molar-refractivity contribution in [3.63, 3.8) is 0 Å². The normalized spacial score (nSPS) is 20.3. The second kappa shape index (κ2) is 5.13. The van der Waals surface area contributed by atoms with Crippen molar-refractivity contribution in [3.05, 3.63) is 5.89 Å². The molecule has 0 aromatic carbocycles. The van der Waals surface area contributed by atoms with Crippen LogP contribution in [-0.2, 0) is 16.0 Å². The summed E-state index contributed by atoms with van der Waals surface area (Å²) >= 11 is 0. The first-order chi connectivity index (χ1) is 8.61. The highest BCUT2D eigenvalue weighted by molar-refractivity contribution is 6.01. The summed E-state index contributed by atoms with van der Waals surface area (Å²) in [7, 11) is 1.46. The van der Waals surface area contributed by atoms with E-state index in [1.54, 1.807) is 0 Å². The number of likely N-dealkylation sites (tertiary alicyclic amines) is 1. The number of imide groups is 1. The van der Waals surface area contributed by atoms with Gasteiger partial charge in [0.25, 0.3) is 5.91 Å². The van der Waals surface area contributed by atoms with E-state index in [-0.39, 0.29) is 17.8 Å². The summed E-state index contributed by atoms with van der Waals surface area (Å²) in [6, 6.07) is -0.321. The molecule has 1 aromatic heterocycles. The van der Waals surface area contributed by atoms with Gasteiger partial charge < -0.3 is 15.5 Å². The molecule has 1 aromatic rings. The molecule has 1 aliphatic rings. The van der Waals surface area contributed by atoms with E-state index in [4.69, 9.17) is 10.2 Å². The predicted octanol–water partition coefficient (Wildman–Crippen LogP) is -0.870. The number of hydrogen-bond acceptors (Lipinski definition) is 7. The average molecular weight is 253 g/mol. The Morgan fingerprint density at radius 1 is 1.50 bits per heavy atom. The van der Waals surface area contributed by atoms with Crippen LogP contribution in [-0.4, -0.2) is 46.5 Å². The molecule has 1 atom stereocenters. The Hall–Kier alpha value is -1.96. The zero-order valence-corrected chi connectivity index (χ0v) is 10.0. The lowest BCUT2D eigenvalue weighted by atomic mass is 10.1. The highest BCUT2D eigenvalue weighted by Crippen LogP contribution is 2.16. The van der Waals surface area contributed by atoms with Crippen LogP contribution in [0, 0.1) is 0 Å². The number of carbonyl (C=O) groups excluding carboxylic acids is 2. The van der Waals surface area contributed by atoms with E-state index in [2.05, 4.69) is 15.5 Å². The van der Waals surface area contributed by atoms with E-state index >= 15 is 0 Å². The van der Waals surface area contributed by atoms with Crippen molar-refractivity contribution in [2.45, 2.75) is 25.3 Å². The third-order valence-corrected chi connectivity index (χ3v) is 2.77. The number of hydrogen-bond donors (Lipinski definition) is 2. The minimum atomic E-state index is -0.501. The van der Waals surface area contributed by atoms with Crippen LogP contribution in [0.3, 0.4) is 0 Å². The Labute approximate surface area is 104 Å². The Morgan fingerprint density at radius 3 is 3.00 bits per heavy atom. The Morgan fingerprint density at radius 2 is 2.28 bits per heavy atom. The Bertz CT molecular complexity index is 458. The molecule has 3 N–H and O–H groups in total. The number of amides is 2. The Kier molecular flexibility index (Phi) is 3.56. The van der Waals surface area contributed by atoms with E-state index in [0.717, 1.165) is 4.90 Å². The van der Waals surface area contributed by atoms with Gasteiger partial charge in [0.15, 0.2) is 0 Å². The van der Waals surface area contributed by atoms with Crippen LogP contribution in [0.5, 0.6) is 0 Å². The van der Waals surface area contributed by atoms with Crippen molar-refractivity contribution >= 4 is 17.8 Å². The van der Waals surface area contributed by atoms with Gasteiger partial charge in [0.1, 0.15) is 6.04 Å².